The van der Waals surface area contributed by atoms with Crippen LogP contribution in [0.4, 0.5) is 22.0 Å². The Morgan fingerprint density at radius 3 is 2.33 bits per heavy atom. The second-order valence-corrected chi connectivity index (χ2v) is 3.56. The number of pyridine rings is 1. The van der Waals surface area contributed by atoms with Crippen molar-refractivity contribution in [3.63, 3.8) is 0 Å². The molecule has 0 saturated carbocycles. The van der Waals surface area contributed by atoms with E-state index in [1.165, 1.54) is 7.11 Å². The first kappa shape index (κ1) is 14.9. The van der Waals surface area contributed by atoms with Crippen molar-refractivity contribution >= 4 is 15.9 Å². The fourth-order valence-corrected chi connectivity index (χ4v) is 1.57. The van der Waals surface area contributed by atoms with Crippen LogP contribution in [0.15, 0.2) is 6.07 Å². The third-order valence-corrected chi connectivity index (χ3v) is 2.36. The maximum Gasteiger partial charge on any atom is 0.573 e. The van der Waals surface area contributed by atoms with Gasteiger partial charge in [-0.1, -0.05) is 15.9 Å². The molecule has 0 bridgehead atoms. The summed E-state index contributed by atoms with van der Waals surface area (Å²) in [6.45, 7) is 0. The maximum atomic E-state index is 12.6. The summed E-state index contributed by atoms with van der Waals surface area (Å²) in [6, 6.07) is 0.735. The molecule has 0 amide bonds. The molecule has 0 saturated heterocycles. The Balaban J connectivity index is 3.29. The second kappa shape index (κ2) is 5.68. The summed E-state index contributed by atoms with van der Waals surface area (Å²) in [4.78, 5) is 3.40. The molecule has 0 radical (unpaired) electrons. The molecule has 18 heavy (non-hydrogen) atoms. The quantitative estimate of drug-likeness (QED) is 0.619. The first-order chi connectivity index (χ1) is 8.28. The van der Waals surface area contributed by atoms with E-state index in [2.05, 4.69) is 25.7 Å². The Morgan fingerprint density at radius 1 is 1.33 bits per heavy atom. The van der Waals surface area contributed by atoms with Gasteiger partial charge in [-0.15, -0.1) is 13.2 Å². The number of methoxy groups -OCH3 is 1. The van der Waals surface area contributed by atoms with Crippen molar-refractivity contribution in [3.8, 4) is 11.5 Å². The van der Waals surface area contributed by atoms with Crippen molar-refractivity contribution in [2.24, 2.45) is 0 Å². The molecular weight excluding hydrogens is 329 g/mol. The molecule has 0 atom stereocenters. The third-order valence-electron chi connectivity index (χ3n) is 1.83. The van der Waals surface area contributed by atoms with Crippen LogP contribution in [0.25, 0.3) is 0 Å². The number of rotatable bonds is 4. The lowest BCUT2D eigenvalue weighted by Crippen LogP contribution is -2.19. The van der Waals surface area contributed by atoms with E-state index in [0.717, 1.165) is 6.07 Å². The minimum atomic E-state index is -5.08. The third kappa shape index (κ3) is 3.69. The summed E-state index contributed by atoms with van der Waals surface area (Å²) in [7, 11) is 1.18. The van der Waals surface area contributed by atoms with Gasteiger partial charge in [0.05, 0.1) is 12.8 Å². The highest BCUT2D eigenvalue weighted by Gasteiger charge is 2.34. The lowest BCUT2D eigenvalue weighted by atomic mass is 10.2. The van der Waals surface area contributed by atoms with E-state index in [1.807, 2.05) is 0 Å². The van der Waals surface area contributed by atoms with E-state index in [9.17, 15) is 22.0 Å². The summed E-state index contributed by atoms with van der Waals surface area (Å²) in [5.41, 5.74) is -1.02. The number of hydrogen-bond acceptors (Lipinski definition) is 3. The van der Waals surface area contributed by atoms with Gasteiger partial charge in [0.2, 0.25) is 0 Å². The van der Waals surface area contributed by atoms with Crippen LogP contribution in [-0.4, -0.2) is 18.5 Å². The minimum Gasteiger partial charge on any atom is -0.495 e. The molecular formula is C9H7BrF5NO2. The van der Waals surface area contributed by atoms with Gasteiger partial charge in [-0.05, 0) is 0 Å². The van der Waals surface area contributed by atoms with Crippen molar-refractivity contribution in [1.82, 2.24) is 4.98 Å². The van der Waals surface area contributed by atoms with E-state index in [4.69, 9.17) is 4.74 Å². The standard InChI is InChI=1S/C9H7BrF5NO2/c1-17-5-2-6(18-9(13,14)15)7(8(11)12)16-4(5)3-10/h2,8H,3H2,1H3. The molecule has 0 aliphatic carbocycles. The average molecular weight is 336 g/mol. The first-order valence-corrected chi connectivity index (χ1v) is 5.58. The summed E-state index contributed by atoms with van der Waals surface area (Å²) < 4.78 is 69.6. The molecule has 1 rings (SSSR count). The number of nitrogens with zero attached hydrogens (tertiary/aromatic N) is 1. The highest BCUT2D eigenvalue weighted by Crippen LogP contribution is 2.36. The van der Waals surface area contributed by atoms with Crippen LogP contribution in [0.3, 0.4) is 0 Å². The van der Waals surface area contributed by atoms with Gasteiger partial charge in [0.25, 0.3) is 6.43 Å². The number of hydrogen-bond donors (Lipinski definition) is 0. The number of halogens is 6. The van der Waals surface area contributed by atoms with E-state index in [-0.39, 0.29) is 16.8 Å². The molecule has 0 aromatic carbocycles. The predicted octanol–water partition coefficient (Wildman–Crippen LogP) is 3.82. The van der Waals surface area contributed by atoms with Crippen LogP contribution in [0, 0.1) is 0 Å². The van der Waals surface area contributed by atoms with Crippen LogP contribution >= 0.6 is 15.9 Å². The number of ether oxygens (including phenoxy) is 2. The fourth-order valence-electron chi connectivity index (χ4n) is 1.17. The normalized spacial score (nSPS) is 11.8. The van der Waals surface area contributed by atoms with Crippen LogP contribution in [0.5, 0.6) is 11.5 Å². The van der Waals surface area contributed by atoms with Gasteiger partial charge < -0.3 is 9.47 Å². The molecule has 0 N–H and O–H groups in total. The molecule has 0 aliphatic rings. The zero-order chi connectivity index (χ0) is 13.9. The Hall–Kier alpha value is -1.12. The van der Waals surface area contributed by atoms with E-state index >= 15 is 0 Å². The molecule has 1 aromatic rings. The van der Waals surface area contributed by atoms with Crippen molar-refractivity contribution < 1.29 is 31.4 Å². The van der Waals surface area contributed by atoms with E-state index in [1.54, 1.807) is 0 Å². The Bertz CT molecular complexity index is 424. The highest BCUT2D eigenvalue weighted by molar-refractivity contribution is 9.08. The molecule has 1 heterocycles. The van der Waals surface area contributed by atoms with Crippen LogP contribution in [0.2, 0.25) is 0 Å². The fraction of sp³-hybridized carbons (Fsp3) is 0.444. The lowest BCUT2D eigenvalue weighted by Gasteiger charge is -2.15. The van der Waals surface area contributed by atoms with Crippen LogP contribution < -0.4 is 9.47 Å². The van der Waals surface area contributed by atoms with Gasteiger partial charge in [0.15, 0.2) is 5.75 Å². The first-order valence-electron chi connectivity index (χ1n) is 4.46. The zero-order valence-electron chi connectivity index (χ0n) is 8.89. The Morgan fingerprint density at radius 2 is 1.94 bits per heavy atom. The van der Waals surface area contributed by atoms with Gasteiger partial charge in [-0.25, -0.2) is 13.8 Å². The topological polar surface area (TPSA) is 31.4 Å². The minimum absolute atomic E-state index is 0.0577. The van der Waals surface area contributed by atoms with Crippen molar-refractivity contribution in [3.05, 3.63) is 17.5 Å². The van der Waals surface area contributed by atoms with Gasteiger partial charge in [0, 0.05) is 11.4 Å². The molecule has 3 nitrogen and oxygen atoms in total. The second-order valence-electron chi connectivity index (χ2n) is 3.00. The molecule has 1 aromatic heterocycles. The van der Waals surface area contributed by atoms with Gasteiger partial charge in [-0.3, -0.25) is 0 Å². The number of aromatic nitrogens is 1. The summed E-state index contributed by atoms with van der Waals surface area (Å²) in [6.07, 6.45) is -8.27. The largest absolute Gasteiger partial charge is 0.573 e. The van der Waals surface area contributed by atoms with Crippen molar-refractivity contribution in [1.29, 1.82) is 0 Å². The molecule has 9 heteroatoms. The smallest absolute Gasteiger partial charge is 0.495 e. The predicted molar refractivity (Wildman–Crippen MR) is 55.1 cm³/mol. The Labute approximate surface area is 107 Å². The highest BCUT2D eigenvalue weighted by atomic mass is 79.9. The van der Waals surface area contributed by atoms with Crippen molar-refractivity contribution in [2.45, 2.75) is 18.1 Å². The molecule has 0 aliphatic heterocycles. The SMILES string of the molecule is COc1cc(OC(F)(F)F)c(C(F)F)nc1CBr. The van der Waals surface area contributed by atoms with Crippen LogP contribution in [0.1, 0.15) is 17.8 Å². The van der Waals surface area contributed by atoms with Crippen LogP contribution in [-0.2, 0) is 5.33 Å². The van der Waals surface area contributed by atoms with E-state index in [0.29, 0.717) is 0 Å². The van der Waals surface area contributed by atoms with Gasteiger partial charge >= 0.3 is 6.36 Å². The average Bonchev–Trinajstić information content (AvgIpc) is 2.25. The molecule has 0 unspecified atom stereocenters. The van der Waals surface area contributed by atoms with Crippen molar-refractivity contribution in [2.75, 3.05) is 7.11 Å². The van der Waals surface area contributed by atoms with E-state index < -0.39 is 24.2 Å². The maximum absolute atomic E-state index is 12.6. The molecule has 102 valence electrons. The summed E-state index contributed by atoms with van der Waals surface area (Å²) >= 11 is 2.97. The monoisotopic (exact) mass is 335 g/mol. The molecule has 0 spiro atoms. The summed E-state index contributed by atoms with van der Waals surface area (Å²) in [5, 5.41) is 0.0577. The zero-order valence-corrected chi connectivity index (χ0v) is 10.5. The number of alkyl halides is 6. The van der Waals surface area contributed by atoms with Gasteiger partial charge in [-0.2, -0.15) is 0 Å². The lowest BCUT2D eigenvalue weighted by molar-refractivity contribution is -0.275. The van der Waals surface area contributed by atoms with Gasteiger partial charge in [0.1, 0.15) is 11.4 Å². The summed E-state index contributed by atoms with van der Waals surface area (Å²) in [5.74, 6) is -1.14. The Kier molecular flexibility index (Phi) is 4.71. The molecule has 0 fully saturated rings.